The van der Waals surface area contributed by atoms with Crippen molar-refractivity contribution in [3.63, 3.8) is 0 Å². The monoisotopic (exact) mass is 358 g/mol. The molecule has 0 bridgehead atoms. The van der Waals surface area contributed by atoms with Crippen molar-refractivity contribution in [1.29, 1.82) is 0 Å². The van der Waals surface area contributed by atoms with E-state index in [9.17, 15) is 0 Å². The van der Waals surface area contributed by atoms with Crippen LogP contribution in [-0.2, 0) is 0 Å². The maximum atomic E-state index is 6.21. The fourth-order valence-electron chi connectivity index (χ4n) is 2.83. The lowest BCUT2D eigenvalue weighted by Crippen LogP contribution is -2.14. The molecule has 3 aromatic rings. The van der Waals surface area contributed by atoms with Crippen LogP contribution in [0.3, 0.4) is 0 Å². The molecule has 1 N–H and O–H groups in total. The van der Waals surface area contributed by atoms with E-state index in [1.807, 2.05) is 30.3 Å². The van der Waals surface area contributed by atoms with Gasteiger partial charge in [-0.1, -0.05) is 11.6 Å². The number of aromatic nitrogens is 2. The summed E-state index contributed by atoms with van der Waals surface area (Å²) in [7, 11) is 5.80. The smallest absolute Gasteiger partial charge is 0.213 e. The third-order valence-electron chi connectivity index (χ3n) is 4.10. The van der Waals surface area contributed by atoms with Gasteiger partial charge in [0.15, 0.2) is 0 Å². The van der Waals surface area contributed by atoms with E-state index in [-0.39, 0.29) is 0 Å². The third kappa shape index (κ3) is 4.11. The highest BCUT2D eigenvalue weighted by Crippen LogP contribution is 2.32. The molecule has 5 nitrogen and oxygen atoms in total. The normalized spacial score (nSPS) is 11.4. The van der Waals surface area contributed by atoms with Gasteiger partial charge in [0.25, 0.3) is 0 Å². The number of halogens is 1. The van der Waals surface area contributed by atoms with Gasteiger partial charge in [-0.15, -0.1) is 0 Å². The van der Waals surface area contributed by atoms with Crippen LogP contribution in [0, 0.1) is 0 Å². The maximum absolute atomic E-state index is 6.21. The average molecular weight is 359 g/mol. The van der Waals surface area contributed by atoms with Crippen LogP contribution >= 0.6 is 11.6 Å². The summed E-state index contributed by atoms with van der Waals surface area (Å²) < 4.78 is 5.28. The van der Waals surface area contributed by atoms with Crippen LogP contribution in [0.5, 0.6) is 5.88 Å². The number of nitrogens with one attached hydrogen (secondary N) is 1. The number of nitrogens with zero attached hydrogens (tertiary/aromatic N) is 3. The predicted molar refractivity (Wildman–Crippen MR) is 105 cm³/mol. The quantitative estimate of drug-likeness (QED) is 0.506. The first-order valence-corrected chi connectivity index (χ1v) is 8.79. The summed E-state index contributed by atoms with van der Waals surface area (Å²) in [4.78, 5) is 11.5. The Morgan fingerprint density at radius 3 is 2.64 bits per heavy atom. The van der Waals surface area contributed by atoms with Gasteiger partial charge in [0, 0.05) is 23.0 Å². The lowest BCUT2D eigenvalue weighted by Gasteiger charge is -2.14. The fraction of sp³-hybridized carbons (Fsp3) is 0.368. The Hall–Kier alpha value is -2.11. The first kappa shape index (κ1) is 17.7. The lowest BCUT2D eigenvalue weighted by atomic mass is 10.1. The molecule has 0 aliphatic heterocycles. The van der Waals surface area contributed by atoms with E-state index < -0.39 is 0 Å². The number of hydrogen-bond donors (Lipinski definition) is 1. The molecule has 2 aromatic heterocycles. The molecule has 3 rings (SSSR count). The second-order valence-corrected chi connectivity index (χ2v) is 6.74. The van der Waals surface area contributed by atoms with Gasteiger partial charge >= 0.3 is 0 Å². The maximum Gasteiger partial charge on any atom is 0.213 e. The number of methoxy groups -OCH3 is 1. The van der Waals surface area contributed by atoms with Gasteiger partial charge < -0.3 is 15.0 Å². The summed E-state index contributed by atoms with van der Waals surface area (Å²) in [6, 6.07) is 9.51. The van der Waals surface area contributed by atoms with Crippen molar-refractivity contribution < 1.29 is 4.74 Å². The summed E-state index contributed by atoms with van der Waals surface area (Å²) in [5.74, 6) is 0.575. The van der Waals surface area contributed by atoms with E-state index in [4.69, 9.17) is 21.3 Å². The summed E-state index contributed by atoms with van der Waals surface area (Å²) in [6.45, 7) is 1.95. The second-order valence-electron chi connectivity index (χ2n) is 6.31. The molecule has 0 amide bonds. The second kappa shape index (κ2) is 7.85. The zero-order chi connectivity index (χ0) is 17.8. The number of benzene rings is 1. The largest absolute Gasteiger partial charge is 0.481 e. The number of unbranched alkanes of at least 4 members (excludes halogenated alkanes) is 1. The number of anilines is 1. The zero-order valence-electron chi connectivity index (χ0n) is 14.8. The summed E-state index contributed by atoms with van der Waals surface area (Å²) in [5, 5.41) is 5.21. The molecule has 6 heteroatoms. The highest BCUT2D eigenvalue weighted by atomic mass is 35.5. The Bertz CT molecular complexity index is 882. The van der Waals surface area contributed by atoms with Crippen LogP contribution in [-0.4, -0.2) is 49.2 Å². The van der Waals surface area contributed by atoms with Crippen LogP contribution in [0.25, 0.3) is 21.9 Å². The minimum atomic E-state index is 0.575. The summed E-state index contributed by atoms with van der Waals surface area (Å²) in [5.41, 5.74) is 3.51. The van der Waals surface area contributed by atoms with Crippen LogP contribution in [0.4, 0.5) is 5.69 Å². The molecule has 0 aliphatic rings. The van der Waals surface area contributed by atoms with E-state index in [0.717, 1.165) is 53.6 Å². The third-order valence-corrected chi connectivity index (χ3v) is 4.33. The van der Waals surface area contributed by atoms with Gasteiger partial charge in [0.1, 0.15) is 5.52 Å². The average Bonchev–Trinajstić information content (AvgIpc) is 2.60. The van der Waals surface area contributed by atoms with Crippen molar-refractivity contribution in [2.45, 2.75) is 12.8 Å². The van der Waals surface area contributed by atoms with Crippen molar-refractivity contribution in [3.05, 3.63) is 35.4 Å². The van der Waals surface area contributed by atoms with Gasteiger partial charge in [-0.2, -0.15) is 0 Å². The molecule has 0 aliphatic carbocycles. The Morgan fingerprint density at radius 1 is 1.08 bits per heavy atom. The standard InChI is InChI=1S/C19H23ClN4O/c1-24(2)11-5-4-10-21-18-14-12-13(20)6-7-15(14)22-16-8-9-17(25-3)23-19(16)18/h6-9,12H,4-5,10-11H2,1-3H3,(H,21,22). The molecule has 2 heterocycles. The highest BCUT2D eigenvalue weighted by Gasteiger charge is 2.12. The Kier molecular flexibility index (Phi) is 5.56. The van der Waals surface area contributed by atoms with E-state index in [2.05, 4.69) is 29.3 Å². The Labute approximate surface area is 153 Å². The van der Waals surface area contributed by atoms with Crippen LogP contribution in [0.2, 0.25) is 5.02 Å². The van der Waals surface area contributed by atoms with Crippen molar-refractivity contribution in [3.8, 4) is 5.88 Å². The topological polar surface area (TPSA) is 50.3 Å². The van der Waals surface area contributed by atoms with Crippen LogP contribution in [0.15, 0.2) is 30.3 Å². The Morgan fingerprint density at radius 2 is 1.88 bits per heavy atom. The van der Waals surface area contributed by atoms with E-state index in [1.165, 1.54) is 0 Å². The molecule has 0 unspecified atom stereocenters. The zero-order valence-corrected chi connectivity index (χ0v) is 15.6. The SMILES string of the molecule is COc1ccc2nc3ccc(Cl)cc3c(NCCCCN(C)C)c2n1. The van der Waals surface area contributed by atoms with Gasteiger partial charge in [0.2, 0.25) is 5.88 Å². The fourth-order valence-corrected chi connectivity index (χ4v) is 3.00. The first-order valence-electron chi connectivity index (χ1n) is 8.41. The molecular weight excluding hydrogens is 336 g/mol. The summed E-state index contributed by atoms with van der Waals surface area (Å²) in [6.07, 6.45) is 2.21. The molecular formula is C19H23ClN4O. The van der Waals surface area contributed by atoms with Crippen LogP contribution in [0.1, 0.15) is 12.8 Å². The highest BCUT2D eigenvalue weighted by molar-refractivity contribution is 6.31. The predicted octanol–water partition coefficient (Wildman–Crippen LogP) is 4.20. The molecule has 0 radical (unpaired) electrons. The van der Waals surface area contributed by atoms with Crippen molar-refractivity contribution in [2.75, 3.05) is 39.6 Å². The van der Waals surface area contributed by atoms with Crippen molar-refractivity contribution in [2.24, 2.45) is 0 Å². The molecule has 132 valence electrons. The molecule has 0 atom stereocenters. The van der Waals surface area contributed by atoms with E-state index in [1.54, 1.807) is 7.11 Å². The van der Waals surface area contributed by atoms with Gasteiger partial charge in [-0.3, -0.25) is 0 Å². The van der Waals surface area contributed by atoms with E-state index in [0.29, 0.717) is 10.9 Å². The molecule has 25 heavy (non-hydrogen) atoms. The van der Waals surface area contributed by atoms with Crippen molar-refractivity contribution in [1.82, 2.24) is 14.9 Å². The number of ether oxygens (including phenoxy) is 1. The van der Waals surface area contributed by atoms with E-state index >= 15 is 0 Å². The number of pyridine rings is 2. The number of hydrogen-bond acceptors (Lipinski definition) is 5. The van der Waals surface area contributed by atoms with Gasteiger partial charge in [0.05, 0.1) is 23.8 Å². The lowest BCUT2D eigenvalue weighted by molar-refractivity contribution is 0.396. The van der Waals surface area contributed by atoms with Gasteiger partial charge in [-0.25, -0.2) is 9.97 Å². The minimum absolute atomic E-state index is 0.575. The minimum Gasteiger partial charge on any atom is -0.481 e. The first-order chi connectivity index (χ1) is 12.1. The number of fused-ring (bicyclic) bond motifs is 2. The molecule has 0 saturated heterocycles. The molecule has 0 saturated carbocycles. The summed E-state index contributed by atoms with van der Waals surface area (Å²) >= 11 is 6.21. The van der Waals surface area contributed by atoms with Gasteiger partial charge in [-0.05, 0) is 57.7 Å². The molecule has 0 fully saturated rings. The molecule has 0 spiro atoms. The van der Waals surface area contributed by atoms with Crippen molar-refractivity contribution >= 4 is 39.2 Å². The number of rotatable bonds is 7. The Balaban J connectivity index is 1.99. The van der Waals surface area contributed by atoms with Crippen LogP contribution < -0.4 is 10.1 Å². The molecule has 1 aromatic carbocycles.